The molecule has 4 heteroatoms. The van der Waals surface area contributed by atoms with Crippen LogP contribution in [0.25, 0.3) is 0 Å². The molecule has 0 N–H and O–H groups in total. The molecule has 0 aromatic heterocycles. The molecule has 0 aromatic rings. The average molecular weight is 197 g/mol. The number of likely N-dealkylation sites (tertiary alicyclic amines) is 1. The van der Waals surface area contributed by atoms with E-state index in [1.807, 2.05) is 4.90 Å². The van der Waals surface area contributed by atoms with Gasteiger partial charge >= 0.3 is 6.09 Å². The zero-order valence-electron chi connectivity index (χ0n) is 8.45. The second-order valence-corrected chi connectivity index (χ2v) is 4.01. The Morgan fingerprint density at radius 2 is 2.00 bits per heavy atom. The molecule has 1 amide bonds. The second-order valence-electron chi connectivity index (χ2n) is 4.01. The molecular weight excluding hydrogens is 180 g/mol. The molecule has 2 rings (SSSR count). The van der Waals surface area contributed by atoms with E-state index in [-0.39, 0.29) is 6.09 Å². The normalized spacial score (nSPS) is 26.4. The first-order valence-corrected chi connectivity index (χ1v) is 5.26. The number of cyclic esters (lactones) is 1. The molecule has 0 bridgehead atoms. The van der Waals surface area contributed by atoms with Crippen molar-refractivity contribution in [3.8, 4) is 0 Å². The van der Waals surface area contributed by atoms with Gasteiger partial charge in [-0.3, -0.25) is 7.05 Å². The van der Waals surface area contributed by atoms with Gasteiger partial charge in [0, 0.05) is 12.6 Å². The van der Waals surface area contributed by atoms with Crippen LogP contribution in [-0.4, -0.2) is 48.2 Å². The Morgan fingerprint density at radius 1 is 1.29 bits per heavy atom. The lowest BCUT2D eigenvalue weighted by Gasteiger charge is -2.41. The van der Waals surface area contributed by atoms with E-state index in [9.17, 15) is 4.79 Å². The van der Waals surface area contributed by atoms with E-state index in [1.165, 1.54) is 0 Å². The molecule has 4 nitrogen and oxygen atoms in total. The minimum atomic E-state index is -0.126. The van der Waals surface area contributed by atoms with Crippen molar-refractivity contribution in [3.63, 3.8) is 0 Å². The fraction of sp³-hybridized carbons (Fsp3) is 0.800. The smallest absolute Gasteiger partial charge is 0.410 e. The molecule has 2 aliphatic rings. The summed E-state index contributed by atoms with van der Waals surface area (Å²) >= 11 is 0. The highest BCUT2D eigenvalue weighted by atomic mass is 16.6. The lowest BCUT2D eigenvalue weighted by molar-refractivity contribution is 0.0417. The number of piperidine rings is 1. The zero-order chi connectivity index (χ0) is 9.97. The van der Waals surface area contributed by atoms with Crippen molar-refractivity contribution in [3.05, 3.63) is 7.05 Å². The fourth-order valence-electron chi connectivity index (χ4n) is 2.13. The molecule has 0 radical (unpaired) electrons. The lowest BCUT2D eigenvalue weighted by Crippen LogP contribution is -2.49. The summed E-state index contributed by atoms with van der Waals surface area (Å²) in [5.74, 6) is 0. The molecule has 2 aliphatic heterocycles. The maximum atomic E-state index is 11.4. The Morgan fingerprint density at radius 3 is 2.64 bits per heavy atom. The number of ether oxygens (including phenoxy) is 1. The number of amides is 1. The maximum Gasteiger partial charge on any atom is 0.410 e. The van der Waals surface area contributed by atoms with Crippen LogP contribution < -0.4 is 0 Å². The van der Waals surface area contributed by atoms with Crippen molar-refractivity contribution in [2.24, 2.45) is 0 Å². The van der Waals surface area contributed by atoms with Crippen molar-refractivity contribution in [2.75, 3.05) is 26.2 Å². The highest BCUT2D eigenvalue weighted by Gasteiger charge is 2.28. The number of rotatable bonds is 1. The van der Waals surface area contributed by atoms with E-state index in [2.05, 4.69) is 11.9 Å². The Bertz CT molecular complexity index is 212. The Hall–Kier alpha value is -0.770. The Labute approximate surface area is 84.8 Å². The third-order valence-electron chi connectivity index (χ3n) is 3.00. The van der Waals surface area contributed by atoms with Crippen molar-refractivity contribution in [1.29, 1.82) is 0 Å². The first-order chi connectivity index (χ1) is 6.77. The first kappa shape index (κ1) is 9.77. The van der Waals surface area contributed by atoms with Crippen LogP contribution in [0.5, 0.6) is 0 Å². The molecule has 0 aliphatic carbocycles. The van der Waals surface area contributed by atoms with Crippen LogP contribution >= 0.6 is 0 Å². The minimum Gasteiger partial charge on any atom is -0.459 e. The summed E-state index contributed by atoms with van der Waals surface area (Å²) in [4.78, 5) is 15.4. The SMILES string of the molecule is [CH2-]N1CCC(N2CCCOC2=O)CC1. The molecule has 2 fully saturated rings. The van der Waals surface area contributed by atoms with Crippen LogP contribution in [0, 0.1) is 7.05 Å². The van der Waals surface area contributed by atoms with Crippen LogP contribution in [0.2, 0.25) is 0 Å². The summed E-state index contributed by atoms with van der Waals surface area (Å²) in [6.45, 7) is 3.41. The molecule has 2 saturated heterocycles. The quantitative estimate of drug-likeness (QED) is 0.590. The van der Waals surface area contributed by atoms with Gasteiger partial charge in [-0.05, 0) is 32.4 Å². The summed E-state index contributed by atoms with van der Waals surface area (Å²) in [6.07, 6.45) is 2.90. The van der Waals surface area contributed by atoms with E-state index >= 15 is 0 Å². The van der Waals surface area contributed by atoms with Gasteiger partial charge in [-0.15, -0.1) is 0 Å². The highest BCUT2D eigenvalue weighted by molar-refractivity contribution is 5.68. The highest BCUT2D eigenvalue weighted by Crippen LogP contribution is 2.19. The van der Waals surface area contributed by atoms with Crippen LogP contribution in [-0.2, 0) is 4.74 Å². The van der Waals surface area contributed by atoms with Crippen LogP contribution in [0.4, 0.5) is 4.79 Å². The van der Waals surface area contributed by atoms with Crippen LogP contribution in [0.15, 0.2) is 0 Å². The van der Waals surface area contributed by atoms with Crippen LogP contribution in [0.3, 0.4) is 0 Å². The van der Waals surface area contributed by atoms with E-state index in [0.717, 1.165) is 38.9 Å². The summed E-state index contributed by atoms with van der Waals surface area (Å²) in [6, 6.07) is 0.376. The van der Waals surface area contributed by atoms with E-state index in [0.29, 0.717) is 12.6 Å². The van der Waals surface area contributed by atoms with Gasteiger partial charge in [-0.1, -0.05) is 0 Å². The summed E-state index contributed by atoms with van der Waals surface area (Å²) < 4.78 is 5.03. The van der Waals surface area contributed by atoms with Gasteiger partial charge in [0.2, 0.25) is 0 Å². The topological polar surface area (TPSA) is 32.8 Å². The maximum absolute atomic E-state index is 11.4. The molecule has 2 heterocycles. The zero-order valence-corrected chi connectivity index (χ0v) is 8.45. The van der Waals surface area contributed by atoms with Gasteiger partial charge in [0.25, 0.3) is 0 Å². The number of carbonyl (C=O) groups excluding carboxylic acids is 1. The van der Waals surface area contributed by atoms with Gasteiger partial charge in [-0.25, -0.2) is 4.79 Å². The molecule has 0 aromatic carbocycles. The third-order valence-corrected chi connectivity index (χ3v) is 3.00. The fourth-order valence-corrected chi connectivity index (χ4v) is 2.13. The van der Waals surface area contributed by atoms with Gasteiger partial charge in [0.15, 0.2) is 0 Å². The first-order valence-electron chi connectivity index (χ1n) is 5.26. The van der Waals surface area contributed by atoms with Gasteiger partial charge < -0.3 is 14.5 Å². The molecule has 0 spiro atoms. The number of hydrogen-bond acceptors (Lipinski definition) is 3. The average Bonchev–Trinajstić information content (AvgIpc) is 2.20. The lowest BCUT2D eigenvalue weighted by atomic mass is 10.0. The minimum absolute atomic E-state index is 0.126. The summed E-state index contributed by atoms with van der Waals surface area (Å²) in [5.41, 5.74) is 0. The van der Waals surface area contributed by atoms with E-state index in [1.54, 1.807) is 0 Å². The number of nitrogens with zero attached hydrogens (tertiary/aromatic N) is 2. The monoisotopic (exact) mass is 197 g/mol. The molecule has 0 unspecified atom stereocenters. The van der Waals surface area contributed by atoms with E-state index in [4.69, 9.17) is 4.74 Å². The van der Waals surface area contributed by atoms with Gasteiger partial charge in [0.1, 0.15) is 0 Å². The van der Waals surface area contributed by atoms with Crippen molar-refractivity contribution < 1.29 is 9.53 Å². The third kappa shape index (κ3) is 2.00. The molecule has 0 atom stereocenters. The van der Waals surface area contributed by atoms with Crippen LogP contribution in [0.1, 0.15) is 19.3 Å². The van der Waals surface area contributed by atoms with Gasteiger partial charge in [-0.2, -0.15) is 0 Å². The van der Waals surface area contributed by atoms with Gasteiger partial charge in [0.05, 0.1) is 6.61 Å². The molecule has 14 heavy (non-hydrogen) atoms. The second kappa shape index (κ2) is 4.17. The van der Waals surface area contributed by atoms with Crippen molar-refractivity contribution in [1.82, 2.24) is 9.80 Å². The Balaban J connectivity index is 1.90. The largest absolute Gasteiger partial charge is 0.459 e. The number of carbonyl (C=O) groups is 1. The number of hydrogen-bond donors (Lipinski definition) is 0. The predicted molar refractivity (Wildman–Crippen MR) is 52.6 cm³/mol. The van der Waals surface area contributed by atoms with Crippen molar-refractivity contribution in [2.45, 2.75) is 25.3 Å². The predicted octanol–water partition coefficient (Wildman–Crippen LogP) is 1.08. The summed E-state index contributed by atoms with van der Waals surface area (Å²) in [7, 11) is 3.89. The van der Waals surface area contributed by atoms with E-state index < -0.39 is 0 Å². The molecular formula is C10H17N2O2-. The molecule has 0 saturated carbocycles. The van der Waals surface area contributed by atoms with Crippen molar-refractivity contribution >= 4 is 6.09 Å². The summed E-state index contributed by atoms with van der Waals surface area (Å²) in [5, 5.41) is 0. The standard InChI is InChI=1S/C10H17N2O2/c1-11-6-3-9(4-7-11)12-5-2-8-14-10(12)13/h9H,1-8H2/q-1. The molecule has 80 valence electrons. The Kier molecular flexibility index (Phi) is 2.91.